The molecule has 5 rings (SSSR count). The van der Waals surface area contributed by atoms with Gasteiger partial charge in [-0.05, 0) is 24.3 Å². The Labute approximate surface area is 204 Å². The normalized spacial score (nSPS) is 11.0. The van der Waals surface area contributed by atoms with Gasteiger partial charge in [-0.3, -0.25) is 9.36 Å². The smallest absolute Gasteiger partial charge is 0.256 e. The molecule has 10 nitrogen and oxygen atoms in total. The highest BCUT2D eigenvalue weighted by molar-refractivity contribution is 6.06. The molecular formula is C25H19FN8O2. The van der Waals surface area contributed by atoms with Gasteiger partial charge in [0.15, 0.2) is 11.5 Å². The molecule has 0 aliphatic rings. The first-order valence-corrected chi connectivity index (χ1v) is 10.8. The molecule has 3 heterocycles. The molecule has 178 valence electrons. The summed E-state index contributed by atoms with van der Waals surface area (Å²) < 4.78 is 17.0. The van der Waals surface area contributed by atoms with Crippen molar-refractivity contribution in [1.82, 2.24) is 24.3 Å². The summed E-state index contributed by atoms with van der Waals surface area (Å²) in [5.74, 6) is -0.843. The van der Waals surface area contributed by atoms with Crippen LogP contribution in [0, 0.1) is 12.4 Å². The molecule has 0 saturated carbocycles. The fourth-order valence-electron chi connectivity index (χ4n) is 4.09. The van der Waals surface area contributed by atoms with Crippen LogP contribution < -0.4 is 10.6 Å². The maximum absolute atomic E-state index is 13.8. The molecule has 0 aliphatic heterocycles. The topological polar surface area (TPSA) is 119 Å². The Morgan fingerprint density at radius 2 is 2.00 bits per heavy atom. The minimum Gasteiger partial charge on any atom is -0.506 e. The molecule has 1 amide bonds. The number of carbonyl (C=O) groups excluding carboxylic acids is 1. The fourth-order valence-corrected chi connectivity index (χ4v) is 4.09. The van der Waals surface area contributed by atoms with Crippen molar-refractivity contribution in [1.29, 1.82) is 0 Å². The Morgan fingerprint density at radius 3 is 2.75 bits per heavy atom. The van der Waals surface area contributed by atoms with Gasteiger partial charge in [0.2, 0.25) is 5.70 Å². The molecule has 0 bridgehead atoms. The van der Waals surface area contributed by atoms with Gasteiger partial charge >= 0.3 is 0 Å². The Kier molecular flexibility index (Phi) is 5.54. The molecule has 11 heteroatoms. The molecule has 0 saturated heterocycles. The third kappa shape index (κ3) is 3.76. The van der Waals surface area contributed by atoms with Crippen molar-refractivity contribution >= 4 is 39.3 Å². The second-order valence-electron chi connectivity index (χ2n) is 7.90. The number of nitrogen functional groups attached to an aromatic ring is 1. The summed E-state index contributed by atoms with van der Waals surface area (Å²) in [5, 5.41) is 16.0. The van der Waals surface area contributed by atoms with E-state index in [0.29, 0.717) is 33.4 Å². The van der Waals surface area contributed by atoms with Crippen LogP contribution in [0.1, 0.15) is 0 Å². The number of phenolic OH excluding ortho intramolecular Hbond substituents is 1. The second-order valence-corrected chi connectivity index (χ2v) is 7.90. The summed E-state index contributed by atoms with van der Waals surface area (Å²) in [4.78, 5) is 25.9. The number of nitrogens with two attached hydrogens (primary N) is 1. The predicted octanol–water partition coefficient (Wildman–Crippen LogP) is 3.66. The van der Waals surface area contributed by atoms with Crippen LogP contribution in [0.4, 0.5) is 15.9 Å². The summed E-state index contributed by atoms with van der Waals surface area (Å²) in [5.41, 5.74) is 7.33. The van der Waals surface area contributed by atoms with Gasteiger partial charge in [0, 0.05) is 29.9 Å². The van der Waals surface area contributed by atoms with E-state index in [2.05, 4.69) is 26.5 Å². The first kappa shape index (κ1) is 22.5. The van der Waals surface area contributed by atoms with Gasteiger partial charge in [-0.25, -0.2) is 23.9 Å². The molecule has 2 aromatic carbocycles. The monoisotopic (exact) mass is 482 g/mol. The van der Waals surface area contributed by atoms with E-state index in [4.69, 9.17) is 12.3 Å². The Bertz CT molecular complexity index is 1680. The van der Waals surface area contributed by atoms with Crippen LogP contribution in [0.3, 0.4) is 0 Å². The van der Waals surface area contributed by atoms with E-state index in [-0.39, 0.29) is 30.4 Å². The van der Waals surface area contributed by atoms with Crippen LogP contribution >= 0.6 is 0 Å². The van der Waals surface area contributed by atoms with Crippen LogP contribution in [0.15, 0.2) is 73.3 Å². The zero-order valence-corrected chi connectivity index (χ0v) is 18.8. The predicted molar refractivity (Wildman–Crippen MR) is 133 cm³/mol. The first-order valence-electron chi connectivity index (χ1n) is 10.8. The summed E-state index contributed by atoms with van der Waals surface area (Å²) in [6, 6.07) is 12.9. The lowest BCUT2D eigenvalue weighted by Crippen LogP contribution is -2.34. The van der Waals surface area contributed by atoms with Gasteiger partial charge in [0.25, 0.3) is 5.91 Å². The fraction of sp³-hybridized carbons (Fsp3) is 0.0800. The number of phenols is 1. The Hall–Kier alpha value is -5.24. The number of rotatable bonds is 6. The molecule has 0 spiro atoms. The third-order valence-corrected chi connectivity index (χ3v) is 5.73. The molecule has 3 aromatic heterocycles. The van der Waals surface area contributed by atoms with Crippen molar-refractivity contribution in [2.75, 3.05) is 17.2 Å². The van der Waals surface area contributed by atoms with Crippen LogP contribution in [0.25, 0.3) is 32.6 Å². The lowest BCUT2D eigenvalue weighted by Gasteiger charge is -2.22. The lowest BCUT2D eigenvalue weighted by atomic mass is 10.2. The minimum atomic E-state index is -0.567. The van der Waals surface area contributed by atoms with Crippen molar-refractivity contribution in [3.8, 4) is 11.6 Å². The van der Waals surface area contributed by atoms with Crippen molar-refractivity contribution in [3.05, 3.63) is 90.6 Å². The summed E-state index contributed by atoms with van der Waals surface area (Å²) >= 11 is 0. The highest BCUT2D eigenvalue weighted by Crippen LogP contribution is 2.33. The number of nitrogens with zero attached hydrogens (tertiary/aromatic N) is 7. The van der Waals surface area contributed by atoms with Crippen molar-refractivity contribution in [3.63, 3.8) is 0 Å². The largest absolute Gasteiger partial charge is 0.506 e. The standard InChI is InChI=1S/C25H19FN8O2/c1-15(28-2)25(36)32(18-6-4-3-5-7-18)10-11-34-23-20(22(27)29-14-30-23)24(31-34)33-9-8-16-12-17(26)13-19(35)21(16)33/h3-9,12-14,35H,1,10-11H2,(H2,27,29,30). The average molecular weight is 482 g/mol. The number of amides is 1. The number of hydrogen-bond acceptors (Lipinski definition) is 6. The van der Waals surface area contributed by atoms with Gasteiger partial charge in [0.05, 0.1) is 18.6 Å². The SMILES string of the molecule is [C-]#[N+]C(=C)C(=O)N(CCn1nc(-n2ccc3cc(F)cc(O)c32)c2c(N)ncnc21)c1ccccc1. The van der Waals surface area contributed by atoms with Gasteiger partial charge in [-0.1, -0.05) is 24.8 Å². The summed E-state index contributed by atoms with van der Waals surface area (Å²) in [6.07, 6.45) is 2.95. The maximum atomic E-state index is 13.8. The molecule has 0 radical (unpaired) electrons. The van der Waals surface area contributed by atoms with E-state index >= 15 is 0 Å². The van der Waals surface area contributed by atoms with Gasteiger partial charge in [-0.2, -0.15) is 5.10 Å². The molecular weight excluding hydrogens is 463 g/mol. The Morgan fingerprint density at radius 1 is 1.22 bits per heavy atom. The number of anilines is 2. The zero-order chi connectivity index (χ0) is 25.4. The van der Waals surface area contributed by atoms with Crippen LogP contribution in [0.2, 0.25) is 0 Å². The van der Waals surface area contributed by atoms with Gasteiger partial charge < -0.3 is 15.7 Å². The molecule has 3 N–H and O–H groups in total. The lowest BCUT2D eigenvalue weighted by molar-refractivity contribution is -0.114. The first-order chi connectivity index (χ1) is 17.4. The number of halogens is 1. The van der Waals surface area contributed by atoms with Gasteiger partial charge in [0.1, 0.15) is 29.1 Å². The number of hydrogen-bond donors (Lipinski definition) is 2. The number of benzene rings is 2. The van der Waals surface area contributed by atoms with Crippen molar-refractivity contribution in [2.24, 2.45) is 0 Å². The Balaban J connectivity index is 1.59. The average Bonchev–Trinajstić information content (AvgIpc) is 3.46. The van der Waals surface area contributed by atoms with Crippen LogP contribution in [-0.4, -0.2) is 41.9 Å². The summed E-state index contributed by atoms with van der Waals surface area (Å²) in [6.45, 7) is 11.1. The second kappa shape index (κ2) is 8.84. The quantitative estimate of drug-likeness (QED) is 0.282. The molecule has 0 aliphatic carbocycles. The number of fused-ring (bicyclic) bond motifs is 2. The minimum absolute atomic E-state index is 0.153. The zero-order valence-electron chi connectivity index (χ0n) is 18.8. The number of carbonyl (C=O) groups is 1. The highest BCUT2D eigenvalue weighted by atomic mass is 19.1. The maximum Gasteiger partial charge on any atom is 0.256 e. The van der Waals surface area contributed by atoms with Crippen molar-refractivity contribution in [2.45, 2.75) is 6.54 Å². The van der Waals surface area contributed by atoms with Crippen LogP contribution in [-0.2, 0) is 11.3 Å². The number of aromatic hydroxyl groups is 1. The molecule has 0 fully saturated rings. The molecule has 0 unspecified atom stereocenters. The molecule has 36 heavy (non-hydrogen) atoms. The van der Waals surface area contributed by atoms with E-state index in [1.54, 1.807) is 45.8 Å². The van der Waals surface area contributed by atoms with E-state index in [0.717, 1.165) is 6.07 Å². The number of para-hydroxylation sites is 1. The summed E-state index contributed by atoms with van der Waals surface area (Å²) in [7, 11) is 0. The molecule has 5 aromatic rings. The van der Waals surface area contributed by atoms with E-state index in [9.17, 15) is 14.3 Å². The number of aromatic nitrogens is 5. The molecule has 0 atom stereocenters. The highest BCUT2D eigenvalue weighted by Gasteiger charge is 2.23. The van der Waals surface area contributed by atoms with Crippen LogP contribution in [0.5, 0.6) is 5.75 Å². The third-order valence-electron chi connectivity index (χ3n) is 5.73. The van der Waals surface area contributed by atoms with E-state index in [1.807, 2.05) is 6.07 Å². The van der Waals surface area contributed by atoms with Crippen molar-refractivity contribution < 1.29 is 14.3 Å². The van der Waals surface area contributed by atoms with E-state index in [1.165, 1.54) is 17.3 Å². The van der Waals surface area contributed by atoms with E-state index < -0.39 is 11.7 Å². The van der Waals surface area contributed by atoms with Gasteiger partial charge in [-0.15, -0.1) is 0 Å².